The van der Waals surface area contributed by atoms with E-state index in [1.165, 1.54) is 6.92 Å². The minimum atomic E-state index is -1.15. The van der Waals surface area contributed by atoms with Crippen LogP contribution in [0, 0.1) is 5.92 Å². The van der Waals surface area contributed by atoms with Crippen molar-refractivity contribution in [1.29, 1.82) is 0 Å². The Morgan fingerprint density at radius 2 is 2.12 bits per heavy atom. The number of aromatic nitrogens is 1. The Labute approximate surface area is 99.3 Å². The summed E-state index contributed by atoms with van der Waals surface area (Å²) in [6.45, 7) is 1.34. The summed E-state index contributed by atoms with van der Waals surface area (Å²) in [5.41, 5.74) is 0.496. The van der Waals surface area contributed by atoms with E-state index in [0.29, 0.717) is 11.5 Å². The Balaban J connectivity index is 2.88. The molecule has 0 aliphatic heterocycles. The second kappa shape index (κ2) is 5.29. The molecule has 1 unspecified atom stereocenters. The van der Waals surface area contributed by atoms with E-state index in [9.17, 15) is 9.59 Å². The van der Waals surface area contributed by atoms with Crippen LogP contribution < -0.4 is 10.2 Å². The Morgan fingerprint density at radius 1 is 1.47 bits per heavy atom. The molecule has 0 radical (unpaired) electrons. The molecule has 1 aromatic heterocycles. The number of amides is 1. The Kier molecular flexibility index (Phi) is 4.03. The third kappa shape index (κ3) is 3.17. The van der Waals surface area contributed by atoms with E-state index in [4.69, 9.17) is 5.11 Å². The quantitative estimate of drug-likeness (QED) is 0.757. The number of aliphatic carboxylic acids is 1. The van der Waals surface area contributed by atoms with Crippen molar-refractivity contribution in [2.24, 2.45) is 5.92 Å². The predicted molar refractivity (Wildman–Crippen MR) is 64.0 cm³/mol. The van der Waals surface area contributed by atoms with Gasteiger partial charge in [-0.15, -0.1) is 0 Å². The highest BCUT2D eigenvalue weighted by atomic mass is 16.4. The van der Waals surface area contributed by atoms with Gasteiger partial charge in [-0.05, 0) is 19.1 Å². The SMILES string of the molecule is CC(C(=O)O)C(=O)Nc1cccnc1N(C)C. The van der Waals surface area contributed by atoms with Crippen LogP contribution in [0.4, 0.5) is 11.5 Å². The molecule has 1 atom stereocenters. The average Bonchev–Trinajstić information content (AvgIpc) is 2.28. The number of pyridine rings is 1. The zero-order valence-electron chi connectivity index (χ0n) is 9.97. The first-order valence-electron chi connectivity index (χ1n) is 5.09. The molecule has 0 spiro atoms. The normalized spacial score (nSPS) is 11.7. The number of hydrogen-bond donors (Lipinski definition) is 2. The number of carboxylic acid groups (broad SMARTS) is 1. The van der Waals surface area contributed by atoms with Crippen molar-refractivity contribution < 1.29 is 14.7 Å². The third-order valence-corrected chi connectivity index (χ3v) is 2.23. The van der Waals surface area contributed by atoms with Gasteiger partial charge in [-0.25, -0.2) is 4.98 Å². The van der Waals surface area contributed by atoms with Gasteiger partial charge in [0.05, 0.1) is 5.69 Å². The fourth-order valence-corrected chi connectivity index (χ4v) is 1.20. The highest BCUT2D eigenvalue weighted by Crippen LogP contribution is 2.20. The van der Waals surface area contributed by atoms with Gasteiger partial charge in [0.15, 0.2) is 5.82 Å². The van der Waals surface area contributed by atoms with Crippen LogP contribution in [0.15, 0.2) is 18.3 Å². The van der Waals surface area contributed by atoms with Crippen LogP contribution in [0.2, 0.25) is 0 Å². The van der Waals surface area contributed by atoms with E-state index in [1.54, 1.807) is 37.3 Å². The van der Waals surface area contributed by atoms with Gasteiger partial charge in [-0.1, -0.05) is 0 Å². The van der Waals surface area contributed by atoms with Crippen molar-refractivity contribution in [3.63, 3.8) is 0 Å². The number of carboxylic acids is 1. The van der Waals surface area contributed by atoms with Crippen molar-refractivity contribution in [3.05, 3.63) is 18.3 Å². The Morgan fingerprint density at radius 3 is 2.65 bits per heavy atom. The molecule has 6 nitrogen and oxygen atoms in total. The molecule has 92 valence electrons. The van der Waals surface area contributed by atoms with E-state index in [2.05, 4.69) is 10.3 Å². The smallest absolute Gasteiger partial charge is 0.315 e. The van der Waals surface area contributed by atoms with Gasteiger partial charge in [0.1, 0.15) is 5.92 Å². The number of rotatable bonds is 4. The maximum absolute atomic E-state index is 11.6. The van der Waals surface area contributed by atoms with E-state index >= 15 is 0 Å². The molecule has 6 heteroatoms. The van der Waals surface area contributed by atoms with E-state index in [1.807, 2.05) is 0 Å². The first kappa shape index (κ1) is 13.0. The van der Waals surface area contributed by atoms with Crippen LogP contribution >= 0.6 is 0 Å². The molecule has 1 heterocycles. The summed E-state index contributed by atoms with van der Waals surface area (Å²) in [5, 5.41) is 11.3. The molecule has 2 N–H and O–H groups in total. The van der Waals surface area contributed by atoms with Crippen molar-refractivity contribution in [3.8, 4) is 0 Å². The molecular formula is C11H15N3O3. The van der Waals surface area contributed by atoms with Crippen LogP contribution in [0.5, 0.6) is 0 Å². The lowest BCUT2D eigenvalue weighted by molar-refractivity contribution is -0.144. The lowest BCUT2D eigenvalue weighted by Gasteiger charge is -2.16. The fourth-order valence-electron chi connectivity index (χ4n) is 1.20. The zero-order valence-corrected chi connectivity index (χ0v) is 9.97. The number of anilines is 2. The van der Waals surface area contributed by atoms with Crippen molar-refractivity contribution >= 4 is 23.4 Å². The minimum Gasteiger partial charge on any atom is -0.481 e. The first-order chi connectivity index (χ1) is 7.93. The number of carbonyl (C=O) groups excluding carboxylic acids is 1. The van der Waals surface area contributed by atoms with E-state index in [0.717, 1.165) is 0 Å². The molecule has 0 saturated carbocycles. The molecule has 0 bridgehead atoms. The summed E-state index contributed by atoms with van der Waals surface area (Å²) in [7, 11) is 3.58. The van der Waals surface area contributed by atoms with Gasteiger partial charge in [0.25, 0.3) is 0 Å². The van der Waals surface area contributed by atoms with Gasteiger partial charge in [-0.3, -0.25) is 9.59 Å². The van der Waals surface area contributed by atoms with Gasteiger partial charge in [0.2, 0.25) is 5.91 Å². The maximum atomic E-state index is 11.6. The first-order valence-corrected chi connectivity index (χ1v) is 5.09. The summed E-state index contributed by atoms with van der Waals surface area (Å²) >= 11 is 0. The molecule has 0 aliphatic rings. The molecule has 17 heavy (non-hydrogen) atoms. The van der Waals surface area contributed by atoms with Gasteiger partial charge >= 0.3 is 5.97 Å². The summed E-state index contributed by atoms with van der Waals surface area (Å²) in [5.74, 6) is -2.23. The second-order valence-electron chi connectivity index (χ2n) is 3.82. The standard InChI is InChI=1S/C11H15N3O3/c1-7(11(16)17)10(15)13-8-5-4-6-12-9(8)14(2)3/h4-7H,1-3H3,(H,13,15)(H,16,17). The highest BCUT2D eigenvalue weighted by molar-refractivity contribution is 6.04. The minimum absolute atomic E-state index is 0.496. The molecule has 0 fully saturated rings. The fraction of sp³-hybridized carbons (Fsp3) is 0.364. The third-order valence-electron chi connectivity index (χ3n) is 2.23. The number of nitrogens with one attached hydrogen (secondary N) is 1. The zero-order chi connectivity index (χ0) is 13.0. The molecule has 0 aromatic carbocycles. The largest absolute Gasteiger partial charge is 0.481 e. The molecule has 0 saturated heterocycles. The van der Waals surface area contributed by atoms with Crippen LogP contribution in [0.3, 0.4) is 0 Å². The van der Waals surface area contributed by atoms with Gasteiger partial charge in [0, 0.05) is 20.3 Å². The summed E-state index contributed by atoms with van der Waals surface area (Å²) in [6, 6.07) is 3.35. The number of nitrogens with zero attached hydrogens (tertiary/aromatic N) is 2. The lowest BCUT2D eigenvalue weighted by atomic mass is 10.1. The van der Waals surface area contributed by atoms with Crippen LogP contribution in [0.25, 0.3) is 0 Å². The Hall–Kier alpha value is -2.11. The molecule has 1 amide bonds. The maximum Gasteiger partial charge on any atom is 0.315 e. The van der Waals surface area contributed by atoms with Crippen molar-refractivity contribution in [2.75, 3.05) is 24.3 Å². The number of hydrogen-bond acceptors (Lipinski definition) is 4. The summed E-state index contributed by atoms with van der Waals surface area (Å²) in [4.78, 5) is 28.1. The molecular weight excluding hydrogens is 222 g/mol. The Bertz CT molecular complexity index is 432. The average molecular weight is 237 g/mol. The van der Waals surface area contributed by atoms with E-state index < -0.39 is 17.8 Å². The predicted octanol–water partition coefficient (Wildman–Crippen LogP) is 0.807. The summed E-state index contributed by atoms with van der Waals surface area (Å²) in [6.07, 6.45) is 1.60. The van der Waals surface area contributed by atoms with Crippen molar-refractivity contribution in [1.82, 2.24) is 4.98 Å². The van der Waals surface area contributed by atoms with Crippen LogP contribution in [-0.2, 0) is 9.59 Å². The molecule has 1 aromatic rings. The van der Waals surface area contributed by atoms with Crippen molar-refractivity contribution in [2.45, 2.75) is 6.92 Å². The van der Waals surface area contributed by atoms with Gasteiger partial charge < -0.3 is 15.3 Å². The molecule has 1 rings (SSSR count). The lowest BCUT2D eigenvalue weighted by Crippen LogP contribution is -2.27. The highest BCUT2D eigenvalue weighted by Gasteiger charge is 2.21. The van der Waals surface area contributed by atoms with Crippen LogP contribution in [-0.4, -0.2) is 36.1 Å². The van der Waals surface area contributed by atoms with Crippen LogP contribution in [0.1, 0.15) is 6.92 Å². The second-order valence-corrected chi connectivity index (χ2v) is 3.82. The van der Waals surface area contributed by atoms with Gasteiger partial charge in [-0.2, -0.15) is 0 Å². The summed E-state index contributed by atoms with van der Waals surface area (Å²) < 4.78 is 0. The topological polar surface area (TPSA) is 82.5 Å². The monoisotopic (exact) mass is 237 g/mol. The number of carbonyl (C=O) groups is 2. The molecule has 0 aliphatic carbocycles. The van der Waals surface area contributed by atoms with E-state index in [-0.39, 0.29) is 0 Å².